The Morgan fingerprint density at radius 3 is 1.96 bits per heavy atom. The Balaban J connectivity index is 1.80. The lowest BCUT2D eigenvalue weighted by molar-refractivity contribution is 0.628. The lowest BCUT2D eigenvalue weighted by Gasteiger charge is -2.06. The molecule has 0 spiro atoms. The van der Waals surface area contributed by atoms with Crippen molar-refractivity contribution in [3.63, 3.8) is 0 Å². The van der Waals surface area contributed by atoms with Gasteiger partial charge in [0.1, 0.15) is 5.82 Å². The van der Waals surface area contributed by atoms with Crippen LogP contribution in [0, 0.1) is 24.6 Å². The minimum Gasteiger partial charge on any atom is -0.206 e. The second-order valence-electron chi connectivity index (χ2n) is 6.26. The van der Waals surface area contributed by atoms with Crippen molar-refractivity contribution in [2.45, 2.75) is 26.7 Å². The maximum absolute atomic E-state index is 14.3. The van der Waals surface area contributed by atoms with Gasteiger partial charge in [-0.1, -0.05) is 67.1 Å². The number of benzene rings is 3. The summed E-state index contributed by atoms with van der Waals surface area (Å²) in [6.45, 7) is 4.16. The molecular weight excluding hydrogens is 307 g/mol. The first-order chi connectivity index (χ1) is 12.2. The molecule has 0 fully saturated rings. The van der Waals surface area contributed by atoms with Gasteiger partial charge >= 0.3 is 0 Å². The van der Waals surface area contributed by atoms with Gasteiger partial charge < -0.3 is 0 Å². The summed E-state index contributed by atoms with van der Waals surface area (Å²) >= 11 is 0. The van der Waals surface area contributed by atoms with Crippen LogP contribution in [0.25, 0.3) is 11.1 Å². The van der Waals surface area contributed by atoms with Crippen molar-refractivity contribution in [3.8, 4) is 23.0 Å². The monoisotopic (exact) mass is 328 g/mol. The van der Waals surface area contributed by atoms with Crippen LogP contribution in [0.1, 0.15) is 35.6 Å². The van der Waals surface area contributed by atoms with E-state index >= 15 is 0 Å². The fraction of sp³-hybridized carbons (Fsp3) is 0.167. The number of aryl methyl sites for hydroxylation is 2. The molecule has 0 unspecified atom stereocenters. The van der Waals surface area contributed by atoms with Crippen LogP contribution in [-0.4, -0.2) is 0 Å². The average Bonchev–Trinajstić information content (AvgIpc) is 2.62. The first-order valence-corrected chi connectivity index (χ1v) is 8.63. The van der Waals surface area contributed by atoms with Crippen molar-refractivity contribution in [2.75, 3.05) is 0 Å². The third-order valence-corrected chi connectivity index (χ3v) is 4.17. The van der Waals surface area contributed by atoms with Crippen molar-refractivity contribution >= 4 is 0 Å². The van der Waals surface area contributed by atoms with Crippen LogP contribution in [0.3, 0.4) is 0 Å². The summed E-state index contributed by atoms with van der Waals surface area (Å²) in [5.74, 6) is 6.15. The standard InChI is InChI=1S/C24H21F/c1-3-4-21-13-16-23(24(25)17-21)22-14-11-20(12-15-22)10-9-19-7-5-18(2)6-8-19/h5-8,11-17H,3-4H2,1-2H3. The lowest BCUT2D eigenvalue weighted by atomic mass is 10.0. The second-order valence-corrected chi connectivity index (χ2v) is 6.26. The van der Waals surface area contributed by atoms with Crippen LogP contribution in [0.4, 0.5) is 4.39 Å². The molecule has 3 aromatic rings. The van der Waals surface area contributed by atoms with Crippen molar-refractivity contribution in [1.29, 1.82) is 0 Å². The van der Waals surface area contributed by atoms with E-state index in [1.54, 1.807) is 6.07 Å². The molecule has 0 heterocycles. The highest BCUT2D eigenvalue weighted by Gasteiger charge is 2.06. The zero-order chi connectivity index (χ0) is 17.6. The van der Waals surface area contributed by atoms with E-state index in [1.165, 1.54) is 5.56 Å². The molecule has 0 saturated heterocycles. The molecule has 3 aromatic carbocycles. The molecule has 0 bridgehead atoms. The highest BCUT2D eigenvalue weighted by atomic mass is 19.1. The lowest BCUT2D eigenvalue weighted by Crippen LogP contribution is -1.89. The number of halogens is 1. The Bertz CT molecular complexity index is 907. The van der Waals surface area contributed by atoms with Crippen molar-refractivity contribution < 1.29 is 4.39 Å². The van der Waals surface area contributed by atoms with Gasteiger partial charge in [0.15, 0.2) is 0 Å². The Labute approximate surface area is 149 Å². The van der Waals surface area contributed by atoms with Crippen LogP contribution >= 0.6 is 0 Å². The third-order valence-electron chi connectivity index (χ3n) is 4.17. The fourth-order valence-corrected chi connectivity index (χ4v) is 2.75. The van der Waals surface area contributed by atoms with Crippen LogP contribution in [-0.2, 0) is 6.42 Å². The van der Waals surface area contributed by atoms with Gasteiger partial charge in [0.2, 0.25) is 0 Å². The predicted octanol–water partition coefficient (Wildman–Crippen LogP) is 6.15. The molecule has 0 aliphatic carbocycles. The van der Waals surface area contributed by atoms with Gasteiger partial charge in [0, 0.05) is 16.7 Å². The normalized spacial score (nSPS) is 10.2. The Kier molecular flexibility index (Phi) is 5.31. The molecule has 0 saturated carbocycles. The summed E-state index contributed by atoms with van der Waals surface area (Å²) in [5, 5.41) is 0. The molecule has 0 N–H and O–H groups in total. The Morgan fingerprint density at radius 1 is 0.800 bits per heavy atom. The topological polar surface area (TPSA) is 0 Å². The van der Waals surface area contributed by atoms with E-state index in [-0.39, 0.29) is 5.82 Å². The molecular formula is C24H21F. The van der Waals surface area contributed by atoms with Crippen LogP contribution in [0.15, 0.2) is 66.7 Å². The molecule has 0 nitrogen and oxygen atoms in total. The Morgan fingerprint density at radius 2 is 1.40 bits per heavy atom. The number of hydrogen-bond acceptors (Lipinski definition) is 0. The molecule has 1 heteroatoms. The van der Waals surface area contributed by atoms with E-state index in [1.807, 2.05) is 48.5 Å². The number of hydrogen-bond donors (Lipinski definition) is 0. The van der Waals surface area contributed by atoms with E-state index < -0.39 is 0 Å². The molecule has 0 atom stereocenters. The van der Waals surface area contributed by atoms with E-state index in [9.17, 15) is 4.39 Å². The van der Waals surface area contributed by atoms with Gasteiger partial charge in [0.05, 0.1) is 0 Å². The summed E-state index contributed by atoms with van der Waals surface area (Å²) in [6, 6.07) is 21.4. The maximum Gasteiger partial charge on any atom is 0.131 e. The highest BCUT2D eigenvalue weighted by molar-refractivity contribution is 5.65. The number of rotatable bonds is 3. The summed E-state index contributed by atoms with van der Waals surface area (Å²) in [7, 11) is 0. The molecule has 3 rings (SSSR count). The SMILES string of the molecule is CCCc1ccc(-c2ccc(C#Cc3ccc(C)cc3)cc2)c(F)c1. The Hall–Kier alpha value is -2.85. The first-order valence-electron chi connectivity index (χ1n) is 8.63. The van der Waals surface area contributed by atoms with E-state index in [0.29, 0.717) is 5.56 Å². The van der Waals surface area contributed by atoms with Crippen molar-refractivity contribution in [2.24, 2.45) is 0 Å². The minimum absolute atomic E-state index is 0.163. The van der Waals surface area contributed by atoms with Crippen molar-refractivity contribution in [3.05, 3.63) is 94.8 Å². The minimum atomic E-state index is -0.163. The average molecular weight is 328 g/mol. The molecule has 25 heavy (non-hydrogen) atoms. The van der Waals surface area contributed by atoms with Crippen LogP contribution < -0.4 is 0 Å². The summed E-state index contributed by atoms with van der Waals surface area (Å²) in [6.07, 6.45) is 1.93. The van der Waals surface area contributed by atoms with E-state index in [2.05, 4.69) is 37.8 Å². The van der Waals surface area contributed by atoms with E-state index in [0.717, 1.165) is 35.1 Å². The molecule has 0 aliphatic rings. The van der Waals surface area contributed by atoms with Crippen LogP contribution in [0.2, 0.25) is 0 Å². The van der Waals surface area contributed by atoms with Gasteiger partial charge in [-0.25, -0.2) is 4.39 Å². The van der Waals surface area contributed by atoms with Gasteiger partial charge in [-0.2, -0.15) is 0 Å². The zero-order valence-electron chi connectivity index (χ0n) is 14.6. The largest absolute Gasteiger partial charge is 0.206 e. The van der Waals surface area contributed by atoms with Gasteiger partial charge in [-0.05, 0) is 54.8 Å². The van der Waals surface area contributed by atoms with Crippen LogP contribution in [0.5, 0.6) is 0 Å². The summed E-state index contributed by atoms with van der Waals surface area (Å²) in [4.78, 5) is 0. The van der Waals surface area contributed by atoms with Gasteiger partial charge in [-0.3, -0.25) is 0 Å². The van der Waals surface area contributed by atoms with E-state index in [4.69, 9.17) is 0 Å². The van der Waals surface area contributed by atoms with Crippen molar-refractivity contribution in [1.82, 2.24) is 0 Å². The zero-order valence-corrected chi connectivity index (χ0v) is 14.6. The smallest absolute Gasteiger partial charge is 0.131 e. The predicted molar refractivity (Wildman–Crippen MR) is 103 cm³/mol. The molecule has 0 amide bonds. The second kappa shape index (κ2) is 7.81. The van der Waals surface area contributed by atoms with Gasteiger partial charge in [-0.15, -0.1) is 0 Å². The molecule has 0 radical (unpaired) electrons. The highest BCUT2D eigenvalue weighted by Crippen LogP contribution is 2.24. The quantitative estimate of drug-likeness (QED) is 0.506. The first kappa shape index (κ1) is 17.0. The molecule has 0 aromatic heterocycles. The molecule has 124 valence electrons. The molecule has 0 aliphatic heterocycles. The third kappa shape index (κ3) is 4.37. The van der Waals surface area contributed by atoms with Gasteiger partial charge in [0.25, 0.3) is 0 Å². The summed E-state index contributed by atoms with van der Waals surface area (Å²) in [5.41, 5.74) is 5.70. The maximum atomic E-state index is 14.3. The fourth-order valence-electron chi connectivity index (χ4n) is 2.75. The summed E-state index contributed by atoms with van der Waals surface area (Å²) < 4.78 is 14.3.